The van der Waals surface area contributed by atoms with Crippen molar-refractivity contribution in [2.45, 2.75) is 0 Å². The second kappa shape index (κ2) is 2.20. The van der Waals surface area contributed by atoms with Crippen molar-refractivity contribution in [2.75, 3.05) is 0 Å². The van der Waals surface area contributed by atoms with E-state index in [1.807, 2.05) is 12.1 Å². The quantitative estimate of drug-likeness (QED) is 0.558. The standard InChI is InChI=1S/C8H5N2O/c11-6-10-8-4-2-1-3-7(8)5-9-10/h1-3,5-6H. The van der Waals surface area contributed by atoms with Crippen molar-refractivity contribution in [3.8, 4) is 0 Å². The van der Waals surface area contributed by atoms with Gasteiger partial charge in [0.05, 0.1) is 11.7 Å². The maximum absolute atomic E-state index is 10.4. The van der Waals surface area contributed by atoms with E-state index in [2.05, 4.69) is 11.2 Å². The number of hydrogen-bond donors (Lipinski definition) is 0. The highest BCUT2D eigenvalue weighted by Crippen LogP contribution is 2.09. The number of carbonyl (C=O) groups is 1. The van der Waals surface area contributed by atoms with Crippen LogP contribution in [0.1, 0.15) is 0 Å². The van der Waals surface area contributed by atoms with Crippen LogP contribution in [0.25, 0.3) is 10.9 Å². The van der Waals surface area contributed by atoms with Crippen LogP contribution >= 0.6 is 0 Å². The van der Waals surface area contributed by atoms with Gasteiger partial charge in [0.15, 0.2) is 0 Å². The van der Waals surface area contributed by atoms with E-state index in [0.29, 0.717) is 6.41 Å². The van der Waals surface area contributed by atoms with Gasteiger partial charge in [-0.3, -0.25) is 4.79 Å². The summed E-state index contributed by atoms with van der Waals surface area (Å²) in [6.07, 6.45) is 2.30. The van der Waals surface area contributed by atoms with E-state index in [1.165, 1.54) is 4.68 Å². The maximum Gasteiger partial charge on any atom is 0.234 e. The number of aromatic nitrogens is 2. The highest BCUT2D eigenvalue weighted by atomic mass is 16.1. The minimum absolute atomic E-state index is 0.666. The molecule has 11 heavy (non-hydrogen) atoms. The summed E-state index contributed by atoms with van der Waals surface area (Å²) in [6, 6.07) is 8.42. The van der Waals surface area contributed by atoms with E-state index in [1.54, 1.807) is 12.3 Å². The van der Waals surface area contributed by atoms with Gasteiger partial charge in [0.2, 0.25) is 6.41 Å². The Balaban J connectivity index is 2.86. The Morgan fingerprint density at radius 1 is 1.64 bits per heavy atom. The minimum atomic E-state index is 0.666. The van der Waals surface area contributed by atoms with Crippen molar-refractivity contribution in [2.24, 2.45) is 0 Å². The number of carbonyl (C=O) groups excluding carboxylic acids is 1. The Hall–Kier alpha value is -1.64. The van der Waals surface area contributed by atoms with Crippen LogP contribution in [0.4, 0.5) is 0 Å². The lowest BCUT2D eigenvalue weighted by molar-refractivity contribution is 0.542. The van der Waals surface area contributed by atoms with Gasteiger partial charge in [-0.25, -0.2) is 4.68 Å². The smallest absolute Gasteiger partial charge is 0.234 e. The molecule has 1 aromatic carbocycles. The summed E-state index contributed by atoms with van der Waals surface area (Å²) >= 11 is 0. The van der Waals surface area contributed by atoms with E-state index >= 15 is 0 Å². The topological polar surface area (TPSA) is 34.9 Å². The van der Waals surface area contributed by atoms with Crippen LogP contribution < -0.4 is 0 Å². The lowest BCUT2D eigenvalue weighted by Gasteiger charge is -1.88. The zero-order valence-corrected chi connectivity index (χ0v) is 5.69. The van der Waals surface area contributed by atoms with E-state index in [4.69, 9.17) is 0 Å². The molecule has 0 saturated heterocycles. The third-order valence-electron chi connectivity index (χ3n) is 1.52. The van der Waals surface area contributed by atoms with Gasteiger partial charge in [-0.1, -0.05) is 18.2 Å². The Bertz CT molecular complexity index is 392. The molecule has 3 heteroatoms. The Morgan fingerprint density at radius 2 is 2.55 bits per heavy atom. The molecule has 0 saturated carbocycles. The lowest BCUT2D eigenvalue weighted by Crippen LogP contribution is -1.94. The summed E-state index contributed by atoms with van der Waals surface area (Å²) in [5.41, 5.74) is 0.725. The predicted octanol–water partition coefficient (Wildman–Crippen LogP) is 0.875. The molecule has 0 fully saturated rings. The van der Waals surface area contributed by atoms with Gasteiger partial charge in [-0.05, 0) is 0 Å². The fourth-order valence-corrected chi connectivity index (χ4v) is 1.01. The zero-order chi connectivity index (χ0) is 7.68. The molecule has 0 atom stereocenters. The van der Waals surface area contributed by atoms with Crippen molar-refractivity contribution in [1.29, 1.82) is 0 Å². The summed E-state index contributed by atoms with van der Waals surface area (Å²) in [6.45, 7) is 0. The number of rotatable bonds is 1. The lowest BCUT2D eigenvalue weighted by atomic mass is 10.3. The van der Waals surface area contributed by atoms with Crippen molar-refractivity contribution in [1.82, 2.24) is 9.78 Å². The summed E-state index contributed by atoms with van der Waals surface area (Å²) < 4.78 is 1.26. The molecule has 1 radical (unpaired) electrons. The first-order valence-electron chi connectivity index (χ1n) is 3.21. The van der Waals surface area contributed by atoms with Gasteiger partial charge in [0.25, 0.3) is 0 Å². The molecular weight excluding hydrogens is 140 g/mol. The van der Waals surface area contributed by atoms with Gasteiger partial charge in [0.1, 0.15) is 0 Å². The van der Waals surface area contributed by atoms with Crippen LogP contribution in [-0.4, -0.2) is 16.2 Å². The van der Waals surface area contributed by atoms with Crippen LogP contribution in [0.3, 0.4) is 0 Å². The highest BCUT2D eigenvalue weighted by Gasteiger charge is 1.97. The first-order chi connectivity index (χ1) is 5.42. The molecule has 0 aliphatic heterocycles. The average molecular weight is 145 g/mol. The molecule has 53 valence electrons. The Kier molecular flexibility index (Phi) is 1.22. The fraction of sp³-hybridized carbons (Fsp3) is 0. The van der Waals surface area contributed by atoms with Gasteiger partial charge < -0.3 is 0 Å². The molecule has 1 heterocycles. The van der Waals surface area contributed by atoms with Crippen LogP contribution in [-0.2, 0) is 4.79 Å². The predicted molar refractivity (Wildman–Crippen MR) is 40.7 cm³/mol. The molecule has 0 spiro atoms. The number of hydrogen-bond acceptors (Lipinski definition) is 2. The van der Waals surface area contributed by atoms with Crippen molar-refractivity contribution >= 4 is 17.3 Å². The van der Waals surface area contributed by atoms with Gasteiger partial charge >= 0.3 is 0 Å². The van der Waals surface area contributed by atoms with Gasteiger partial charge in [-0.15, -0.1) is 0 Å². The number of para-hydroxylation sites is 1. The molecule has 0 amide bonds. The Labute approximate surface area is 63.2 Å². The maximum atomic E-state index is 10.4. The second-order valence-electron chi connectivity index (χ2n) is 2.17. The largest absolute Gasteiger partial charge is 0.276 e. The molecular formula is C8H5N2O. The summed E-state index contributed by atoms with van der Waals surface area (Å²) in [4.78, 5) is 10.4. The summed E-state index contributed by atoms with van der Waals surface area (Å²) in [5.74, 6) is 0. The Morgan fingerprint density at radius 3 is 3.36 bits per heavy atom. The SMILES string of the molecule is O=Cn1ncc2ccc[c]c21. The van der Waals surface area contributed by atoms with Crippen molar-refractivity contribution in [3.63, 3.8) is 0 Å². The first-order valence-corrected chi connectivity index (χ1v) is 3.21. The second-order valence-corrected chi connectivity index (χ2v) is 2.17. The van der Waals surface area contributed by atoms with E-state index in [0.717, 1.165) is 10.9 Å². The normalized spacial score (nSPS) is 10.2. The molecule has 0 bridgehead atoms. The summed E-state index contributed by atoms with van der Waals surface area (Å²) in [5, 5.41) is 4.76. The minimum Gasteiger partial charge on any atom is -0.276 e. The highest BCUT2D eigenvalue weighted by molar-refractivity contribution is 5.82. The van der Waals surface area contributed by atoms with Crippen LogP contribution in [0.15, 0.2) is 24.4 Å². The van der Waals surface area contributed by atoms with Gasteiger partial charge in [-0.2, -0.15) is 5.10 Å². The monoisotopic (exact) mass is 145 g/mol. The molecule has 3 nitrogen and oxygen atoms in total. The zero-order valence-electron chi connectivity index (χ0n) is 5.69. The molecule has 2 rings (SSSR count). The van der Waals surface area contributed by atoms with Crippen LogP contribution in [0.5, 0.6) is 0 Å². The average Bonchev–Trinajstić information content (AvgIpc) is 2.47. The van der Waals surface area contributed by atoms with Crippen molar-refractivity contribution < 1.29 is 4.79 Å². The third kappa shape index (κ3) is 0.816. The number of nitrogens with zero attached hydrogens (tertiary/aromatic N) is 2. The summed E-state index contributed by atoms with van der Waals surface area (Å²) in [7, 11) is 0. The molecule has 0 unspecified atom stereocenters. The van der Waals surface area contributed by atoms with E-state index in [-0.39, 0.29) is 0 Å². The van der Waals surface area contributed by atoms with E-state index < -0.39 is 0 Å². The molecule has 2 aromatic rings. The third-order valence-corrected chi connectivity index (χ3v) is 1.52. The number of benzene rings is 1. The van der Waals surface area contributed by atoms with Crippen LogP contribution in [0, 0.1) is 6.07 Å². The van der Waals surface area contributed by atoms with E-state index in [9.17, 15) is 4.79 Å². The molecule has 0 aliphatic carbocycles. The molecule has 0 N–H and O–H groups in total. The number of fused-ring (bicyclic) bond motifs is 1. The van der Waals surface area contributed by atoms with Gasteiger partial charge in [0, 0.05) is 11.5 Å². The molecule has 1 aromatic heterocycles. The first kappa shape index (κ1) is 6.09. The van der Waals surface area contributed by atoms with Crippen molar-refractivity contribution in [3.05, 3.63) is 30.5 Å². The van der Waals surface area contributed by atoms with Crippen LogP contribution in [0.2, 0.25) is 0 Å². The molecule has 0 aliphatic rings. The fourth-order valence-electron chi connectivity index (χ4n) is 1.01.